The SMILES string of the molecule is CC(O)COc1c(Br)cc(Br)cc1Br. The maximum absolute atomic E-state index is 9.09. The molecule has 0 radical (unpaired) electrons. The van der Waals surface area contributed by atoms with E-state index in [2.05, 4.69) is 47.8 Å². The second kappa shape index (κ2) is 5.49. The van der Waals surface area contributed by atoms with Crippen molar-refractivity contribution in [3.8, 4) is 5.75 Å². The van der Waals surface area contributed by atoms with Gasteiger partial charge in [0.2, 0.25) is 0 Å². The van der Waals surface area contributed by atoms with Crippen molar-refractivity contribution >= 4 is 47.8 Å². The highest BCUT2D eigenvalue weighted by molar-refractivity contribution is 9.11. The van der Waals surface area contributed by atoms with Crippen LogP contribution in [0.1, 0.15) is 6.92 Å². The van der Waals surface area contributed by atoms with Crippen LogP contribution in [-0.4, -0.2) is 17.8 Å². The smallest absolute Gasteiger partial charge is 0.147 e. The summed E-state index contributed by atoms with van der Waals surface area (Å²) in [6, 6.07) is 3.78. The average Bonchev–Trinajstić information content (AvgIpc) is 2.01. The standard InChI is InChI=1S/C9H9Br3O2/c1-5(13)4-14-9-7(11)2-6(10)3-8(9)12/h2-3,5,13H,4H2,1H3. The summed E-state index contributed by atoms with van der Waals surface area (Å²) in [5.41, 5.74) is 0. The molecule has 78 valence electrons. The molecule has 0 fully saturated rings. The Bertz CT molecular complexity index is 303. The third kappa shape index (κ3) is 3.53. The van der Waals surface area contributed by atoms with Crippen molar-refractivity contribution in [3.63, 3.8) is 0 Å². The van der Waals surface area contributed by atoms with Gasteiger partial charge in [-0.2, -0.15) is 0 Å². The Kier molecular flexibility index (Phi) is 4.90. The van der Waals surface area contributed by atoms with Gasteiger partial charge in [-0.3, -0.25) is 0 Å². The van der Waals surface area contributed by atoms with E-state index in [0.717, 1.165) is 13.4 Å². The molecule has 0 aliphatic rings. The van der Waals surface area contributed by atoms with Crippen LogP contribution in [0.5, 0.6) is 5.75 Å². The molecule has 0 spiro atoms. The molecule has 1 unspecified atom stereocenters. The van der Waals surface area contributed by atoms with Crippen LogP contribution < -0.4 is 4.74 Å². The first-order valence-electron chi connectivity index (χ1n) is 3.96. The lowest BCUT2D eigenvalue weighted by Crippen LogP contribution is -2.13. The van der Waals surface area contributed by atoms with E-state index in [4.69, 9.17) is 9.84 Å². The van der Waals surface area contributed by atoms with Gasteiger partial charge in [-0.15, -0.1) is 0 Å². The molecule has 0 saturated heterocycles. The summed E-state index contributed by atoms with van der Waals surface area (Å²) in [5.74, 6) is 0.703. The van der Waals surface area contributed by atoms with Gasteiger partial charge in [0.15, 0.2) is 0 Å². The number of ether oxygens (including phenoxy) is 1. The summed E-state index contributed by atoms with van der Waals surface area (Å²) in [7, 11) is 0. The van der Waals surface area contributed by atoms with Gasteiger partial charge < -0.3 is 9.84 Å². The second-order valence-corrected chi connectivity index (χ2v) is 5.48. The lowest BCUT2D eigenvalue weighted by Gasteiger charge is -2.11. The number of halogens is 3. The first kappa shape index (κ1) is 12.5. The fourth-order valence-electron chi connectivity index (χ4n) is 0.871. The van der Waals surface area contributed by atoms with Gasteiger partial charge in [-0.1, -0.05) is 15.9 Å². The number of benzene rings is 1. The normalized spacial score (nSPS) is 12.6. The molecule has 2 nitrogen and oxygen atoms in total. The molecule has 0 heterocycles. The first-order chi connectivity index (χ1) is 6.50. The highest BCUT2D eigenvalue weighted by Gasteiger charge is 2.08. The second-order valence-electron chi connectivity index (χ2n) is 2.86. The Hall–Kier alpha value is 0.420. The zero-order chi connectivity index (χ0) is 10.7. The molecule has 5 heteroatoms. The fourth-order valence-corrected chi connectivity index (χ4v) is 3.36. The summed E-state index contributed by atoms with van der Waals surface area (Å²) in [6.07, 6.45) is -0.475. The van der Waals surface area contributed by atoms with Crippen LogP contribution in [0.3, 0.4) is 0 Å². The van der Waals surface area contributed by atoms with Crippen LogP contribution >= 0.6 is 47.8 Å². The molecule has 0 aliphatic carbocycles. The van der Waals surface area contributed by atoms with Crippen molar-refractivity contribution < 1.29 is 9.84 Å². The molecule has 0 saturated carbocycles. The summed E-state index contributed by atoms with van der Waals surface area (Å²) in [5, 5.41) is 9.09. The Morgan fingerprint density at radius 1 is 1.29 bits per heavy atom. The molecule has 1 N–H and O–H groups in total. The van der Waals surface area contributed by atoms with Crippen molar-refractivity contribution in [2.75, 3.05) is 6.61 Å². The summed E-state index contributed by atoms with van der Waals surface area (Å²) < 4.78 is 8.07. The minimum Gasteiger partial charge on any atom is -0.489 e. The maximum Gasteiger partial charge on any atom is 0.147 e. The number of aliphatic hydroxyl groups excluding tert-OH is 1. The monoisotopic (exact) mass is 386 g/mol. The van der Waals surface area contributed by atoms with Gasteiger partial charge in [0, 0.05) is 4.47 Å². The molecule has 0 bridgehead atoms. The van der Waals surface area contributed by atoms with Crippen molar-refractivity contribution in [2.24, 2.45) is 0 Å². The first-order valence-corrected chi connectivity index (χ1v) is 6.34. The number of aliphatic hydroxyl groups is 1. The van der Waals surface area contributed by atoms with Crippen molar-refractivity contribution in [2.45, 2.75) is 13.0 Å². The summed E-state index contributed by atoms with van der Waals surface area (Å²) in [4.78, 5) is 0. The van der Waals surface area contributed by atoms with Gasteiger partial charge in [-0.25, -0.2) is 0 Å². The van der Waals surface area contributed by atoms with Gasteiger partial charge in [0.1, 0.15) is 12.4 Å². The molecular formula is C9H9Br3O2. The predicted molar refractivity (Wildman–Crippen MR) is 66.7 cm³/mol. The number of hydrogen-bond donors (Lipinski definition) is 1. The summed E-state index contributed by atoms with van der Waals surface area (Å²) in [6.45, 7) is 1.96. The van der Waals surface area contributed by atoms with Crippen LogP contribution in [0, 0.1) is 0 Å². The zero-order valence-corrected chi connectivity index (χ0v) is 12.2. The molecule has 1 rings (SSSR count). The number of rotatable bonds is 3. The molecule has 0 aliphatic heterocycles. The highest BCUT2D eigenvalue weighted by atomic mass is 79.9. The third-order valence-electron chi connectivity index (χ3n) is 1.43. The molecular weight excluding hydrogens is 380 g/mol. The Morgan fingerprint density at radius 2 is 1.79 bits per heavy atom. The maximum atomic E-state index is 9.09. The van der Waals surface area contributed by atoms with Gasteiger partial charge >= 0.3 is 0 Å². The van der Waals surface area contributed by atoms with Crippen molar-refractivity contribution in [3.05, 3.63) is 25.6 Å². The topological polar surface area (TPSA) is 29.5 Å². The van der Waals surface area contributed by atoms with Crippen LogP contribution in [-0.2, 0) is 0 Å². The molecule has 0 amide bonds. The Labute approximate surface area is 108 Å². The predicted octanol–water partition coefficient (Wildman–Crippen LogP) is 3.73. The molecule has 14 heavy (non-hydrogen) atoms. The molecule has 1 aromatic rings. The van der Waals surface area contributed by atoms with E-state index >= 15 is 0 Å². The lowest BCUT2D eigenvalue weighted by molar-refractivity contribution is 0.122. The van der Waals surface area contributed by atoms with Crippen LogP contribution in [0.4, 0.5) is 0 Å². The fraction of sp³-hybridized carbons (Fsp3) is 0.333. The molecule has 1 atom stereocenters. The van der Waals surface area contributed by atoms with Gasteiger partial charge in [-0.05, 0) is 50.9 Å². The van der Waals surface area contributed by atoms with E-state index in [9.17, 15) is 0 Å². The van der Waals surface area contributed by atoms with E-state index in [-0.39, 0.29) is 6.61 Å². The van der Waals surface area contributed by atoms with Crippen LogP contribution in [0.2, 0.25) is 0 Å². The quantitative estimate of drug-likeness (QED) is 0.854. The van der Waals surface area contributed by atoms with E-state index in [1.807, 2.05) is 12.1 Å². The van der Waals surface area contributed by atoms with E-state index in [1.54, 1.807) is 6.92 Å². The van der Waals surface area contributed by atoms with Crippen LogP contribution in [0.25, 0.3) is 0 Å². The Balaban J connectivity index is 2.86. The minimum absolute atomic E-state index is 0.277. The number of hydrogen-bond acceptors (Lipinski definition) is 2. The molecule has 0 aromatic heterocycles. The highest BCUT2D eigenvalue weighted by Crippen LogP contribution is 2.36. The van der Waals surface area contributed by atoms with E-state index in [0.29, 0.717) is 5.75 Å². The minimum atomic E-state index is -0.475. The van der Waals surface area contributed by atoms with Gasteiger partial charge in [0.05, 0.1) is 15.0 Å². The Morgan fingerprint density at radius 3 is 2.21 bits per heavy atom. The summed E-state index contributed by atoms with van der Waals surface area (Å²) >= 11 is 10.1. The van der Waals surface area contributed by atoms with Crippen molar-refractivity contribution in [1.82, 2.24) is 0 Å². The van der Waals surface area contributed by atoms with E-state index < -0.39 is 6.10 Å². The zero-order valence-electron chi connectivity index (χ0n) is 7.43. The van der Waals surface area contributed by atoms with E-state index in [1.165, 1.54) is 0 Å². The largest absolute Gasteiger partial charge is 0.489 e. The van der Waals surface area contributed by atoms with Crippen LogP contribution in [0.15, 0.2) is 25.6 Å². The third-order valence-corrected chi connectivity index (χ3v) is 3.07. The molecule has 1 aromatic carbocycles. The van der Waals surface area contributed by atoms with Gasteiger partial charge in [0.25, 0.3) is 0 Å². The lowest BCUT2D eigenvalue weighted by atomic mass is 10.3. The average molecular weight is 389 g/mol. The van der Waals surface area contributed by atoms with Crippen molar-refractivity contribution in [1.29, 1.82) is 0 Å².